The molecule has 2 aromatic rings. The predicted octanol–water partition coefficient (Wildman–Crippen LogP) is 3.44. The SMILES string of the molecule is O=C(/C=C\c1c(Cl)cccc1Cl)Nc1ncccn1. The summed E-state index contributed by atoms with van der Waals surface area (Å²) in [6, 6.07) is 6.80. The van der Waals surface area contributed by atoms with Crippen LogP contribution in [0.4, 0.5) is 5.95 Å². The van der Waals surface area contributed by atoms with E-state index in [1.54, 1.807) is 30.3 Å². The van der Waals surface area contributed by atoms with E-state index in [-0.39, 0.29) is 11.9 Å². The fraction of sp³-hybridized carbons (Fsp3) is 0. The van der Waals surface area contributed by atoms with Crippen molar-refractivity contribution in [3.05, 3.63) is 58.3 Å². The summed E-state index contributed by atoms with van der Waals surface area (Å²) in [5.74, 6) is -0.121. The van der Waals surface area contributed by atoms with Crippen molar-refractivity contribution in [1.82, 2.24) is 9.97 Å². The summed E-state index contributed by atoms with van der Waals surface area (Å²) >= 11 is 12.0. The lowest BCUT2D eigenvalue weighted by Gasteiger charge is -2.01. The molecule has 0 radical (unpaired) electrons. The van der Waals surface area contributed by atoms with E-state index < -0.39 is 0 Å². The van der Waals surface area contributed by atoms with Gasteiger partial charge in [0.25, 0.3) is 5.91 Å². The Bertz CT molecular complexity index is 594. The number of nitrogens with zero attached hydrogens (tertiary/aromatic N) is 2. The minimum atomic E-state index is -0.359. The molecule has 0 unspecified atom stereocenters. The maximum Gasteiger partial charge on any atom is 0.250 e. The molecule has 1 amide bonds. The van der Waals surface area contributed by atoms with Crippen molar-refractivity contribution in [2.45, 2.75) is 0 Å². The van der Waals surface area contributed by atoms with Gasteiger partial charge in [0.05, 0.1) is 0 Å². The van der Waals surface area contributed by atoms with E-state index in [0.717, 1.165) is 0 Å². The van der Waals surface area contributed by atoms with E-state index in [1.165, 1.54) is 18.5 Å². The number of rotatable bonds is 3. The Hall–Kier alpha value is -1.91. The topological polar surface area (TPSA) is 54.9 Å². The van der Waals surface area contributed by atoms with Gasteiger partial charge in [0, 0.05) is 34.1 Å². The molecule has 0 bridgehead atoms. The van der Waals surface area contributed by atoms with Gasteiger partial charge in [-0.15, -0.1) is 0 Å². The van der Waals surface area contributed by atoms with Crippen molar-refractivity contribution >= 4 is 41.1 Å². The molecule has 0 saturated heterocycles. The lowest BCUT2D eigenvalue weighted by molar-refractivity contribution is -0.111. The van der Waals surface area contributed by atoms with Gasteiger partial charge in [-0.1, -0.05) is 29.3 Å². The fourth-order valence-electron chi connectivity index (χ4n) is 1.34. The van der Waals surface area contributed by atoms with E-state index in [9.17, 15) is 4.79 Å². The van der Waals surface area contributed by atoms with Crippen LogP contribution in [0.1, 0.15) is 5.56 Å². The van der Waals surface area contributed by atoms with Crippen molar-refractivity contribution in [2.75, 3.05) is 5.32 Å². The number of carbonyl (C=O) groups is 1. The summed E-state index contributed by atoms with van der Waals surface area (Å²) in [5.41, 5.74) is 0.593. The highest BCUT2D eigenvalue weighted by molar-refractivity contribution is 6.37. The summed E-state index contributed by atoms with van der Waals surface area (Å²) in [5, 5.41) is 3.48. The van der Waals surface area contributed by atoms with E-state index in [0.29, 0.717) is 15.6 Å². The lowest BCUT2D eigenvalue weighted by Crippen LogP contribution is -2.10. The smallest absolute Gasteiger partial charge is 0.250 e. The molecular weight excluding hydrogens is 285 g/mol. The number of carbonyl (C=O) groups excluding carboxylic acids is 1. The number of halogens is 2. The minimum Gasteiger partial charge on any atom is -0.291 e. The molecular formula is C13H9Cl2N3O. The number of hydrogen-bond donors (Lipinski definition) is 1. The first-order chi connectivity index (χ1) is 9.16. The summed E-state index contributed by atoms with van der Waals surface area (Å²) in [4.78, 5) is 19.4. The largest absolute Gasteiger partial charge is 0.291 e. The first-order valence-electron chi connectivity index (χ1n) is 5.37. The van der Waals surface area contributed by atoms with Crippen LogP contribution < -0.4 is 5.32 Å². The van der Waals surface area contributed by atoms with Crippen LogP contribution in [0, 0.1) is 0 Å². The van der Waals surface area contributed by atoms with Crippen molar-refractivity contribution in [3.63, 3.8) is 0 Å². The van der Waals surface area contributed by atoms with Crippen LogP contribution in [0.25, 0.3) is 6.08 Å². The Morgan fingerprint density at radius 1 is 1.11 bits per heavy atom. The van der Waals surface area contributed by atoms with Crippen LogP contribution in [-0.4, -0.2) is 15.9 Å². The average Bonchev–Trinajstić information content (AvgIpc) is 2.39. The zero-order chi connectivity index (χ0) is 13.7. The molecule has 0 spiro atoms. The van der Waals surface area contributed by atoms with Gasteiger partial charge >= 0.3 is 0 Å². The molecule has 0 aliphatic rings. The molecule has 2 rings (SSSR count). The minimum absolute atomic E-state index is 0.238. The van der Waals surface area contributed by atoms with Crippen LogP contribution in [0.15, 0.2) is 42.7 Å². The Kier molecular flexibility index (Phi) is 4.49. The van der Waals surface area contributed by atoms with Crippen molar-refractivity contribution < 1.29 is 4.79 Å². The molecule has 19 heavy (non-hydrogen) atoms. The maximum atomic E-state index is 11.6. The molecule has 0 aliphatic heterocycles. The molecule has 1 N–H and O–H groups in total. The van der Waals surface area contributed by atoms with Crippen LogP contribution in [-0.2, 0) is 4.79 Å². The van der Waals surface area contributed by atoms with Gasteiger partial charge in [0.2, 0.25) is 5.95 Å². The predicted molar refractivity (Wildman–Crippen MR) is 76.2 cm³/mol. The molecule has 6 heteroatoms. The molecule has 0 fully saturated rings. The monoisotopic (exact) mass is 293 g/mol. The third-order valence-corrected chi connectivity index (χ3v) is 2.86. The number of anilines is 1. The van der Waals surface area contributed by atoms with Crippen molar-refractivity contribution in [3.8, 4) is 0 Å². The van der Waals surface area contributed by atoms with E-state index in [2.05, 4.69) is 15.3 Å². The Morgan fingerprint density at radius 2 is 1.74 bits per heavy atom. The van der Waals surface area contributed by atoms with Crippen LogP contribution >= 0.6 is 23.2 Å². The second kappa shape index (κ2) is 6.31. The average molecular weight is 294 g/mol. The van der Waals surface area contributed by atoms with Crippen molar-refractivity contribution in [2.24, 2.45) is 0 Å². The molecule has 1 aromatic carbocycles. The molecule has 1 aromatic heterocycles. The Morgan fingerprint density at radius 3 is 2.37 bits per heavy atom. The molecule has 0 aliphatic carbocycles. The van der Waals surface area contributed by atoms with E-state index in [4.69, 9.17) is 23.2 Å². The highest BCUT2D eigenvalue weighted by atomic mass is 35.5. The van der Waals surface area contributed by atoms with E-state index in [1.807, 2.05) is 0 Å². The van der Waals surface area contributed by atoms with Gasteiger partial charge in [-0.25, -0.2) is 9.97 Å². The maximum absolute atomic E-state index is 11.6. The summed E-state index contributed by atoms with van der Waals surface area (Å²) in [6.45, 7) is 0. The third-order valence-electron chi connectivity index (χ3n) is 2.20. The van der Waals surface area contributed by atoms with Gasteiger partial charge in [-0.05, 0) is 24.3 Å². The van der Waals surface area contributed by atoms with Crippen molar-refractivity contribution in [1.29, 1.82) is 0 Å². The summed E-state index contributed by atoms with van der Waals surface area (Å²) in [7, 11) is 0. The molecule has 0 saturated carbocycles. The Balaban J connectivity index is 2.09. The normalized spacial score (nSPS) is 10.6. The lowest BCUT2D eigenvalue weighted by atomic mass is 10.2. The molecule has 96 valence electrons. The van der Waals surface area contributed by atoms with Crippen LogP contribution in [0.3, 0.4) is 0 Å². The molecule has 4 nitrogen and oxygen atoms in total. The van der Waals surface area contributed by atoms with Crippen LogP contribution in [0.5, 0.6) is 0 Å². The third kappa shape index (κ3) is 3.77. The zero-order valence-electron chi connectivity index (χ0n) is 9.68. The highest BCUT2D eigenvalue weighted by Crippen LogP contribution is 2.25. The van der Waals surface area contributed by atoms with Gasteiger partial charge in [0.15, 0.2) is 0 Å². The van der Waals surface area contributed by atoms with Gasteiger partial charge in [0.1, 0.15) is 0 Å². The standard InChI is InChI=1S/C13H9Cl2N3O/c14-10-3-1-4-11(15)9(10)5-6-12(19)18-13-16-7-2-8-17-13/h1-8H,(H,16,17,18,19)/b6-5-. The second-order valence-electron chi connectivity index (χ2n) is 3.53. The quantitative estimate of drug-likeness (QED) is 0.882. The molecule has 1 heterocycles. The second-order valence-corrected chi connectivity index (χ2v) is 4.34. The first-order valence-corrected chi connectivity index (χ1v) is 6.12. The zero-order valence-corrected chi connectivity index (χ0v) is 11.2. The highest BCUT2D eigenvalue weighted by Gasteiger charge is 2.03. The summed E-state index contributed by atoms with van der Waals surface area (Å²) < 4.78 is 0. The van der Waals surface area contributed by atoms with Crippen LogP contribution in [0.2, 0.25) is 10.0 Å². The van der Waals surface area contributed by atoms with Gasteiger partial charge in [-0.3, -0.25) is 10.1 Å². The number of aromatic nitrogens is 2. The molecule has 0 atom stereocenters. The number of hydrogen-bond acceptors (Lipinski definition) is 3. The van der Waals surface area contributed by atoms with Gasteiger partial charge in [-0.2, -0.15) is 0 Å². The first kappa shape index (κ1) is 13.5. The number of nitrogens with one attached hydrogen (secondary N) is 1. The van der Waals surface area contributed by atoms with Gasteiger partial charge < -0.3 is 0 Å². The number of benzene rings is 1. The fourth-order valence-corrected chi connectivity index (χ4v) is 1.87. The Labute approximate surface area is 120 Å². The summed E-state index contributed by atoms with van der Waals surface area (Å²) in [6.07, 6.45) is 5.95. The van der Waals surface area contributed by atoms with E-state index >= 15 is 0 Å². The number of amides is 1.